The summed E-state index contributed by atoms with van der Waals surface area (Å²) >= 11 is 3.36. The molecule has 0 saturated carbocycles. The third-order valence-electron chi connectivity index (χ3n) is 1.79. The highest BCUT2D eigenvalue weighted by molar-refractivity contribution is 9.10. The lowest BCUT2D eigenvalue weighted by Crippen LogP contribution is -2.10. The average Bonchev–Trinajstić information content (AvgIpc) is 2.32. The maximum atomic E-state index is 5.76. The van der Waals surface area contributed by atoms with Crippen LogP contribution in [0.3, 0.4) is 0 Å². The number of fused-ring (bicyclic) bond motifs is 1. The Morgan fingerprint density at radius 1 is 1.55 bits per heavy atom. The Balaban J connectivity index is 2.50. The van der Waals surface area contributed by atoms with Gasteiger partial charge in [0.05, 0.1) is 6.04 Å². The highest BCUT2D eigenvalue weighted by atomic mass is 79.9. The standard InChI is InChI=1S/C8H8BrNO/c9-5-1-2-6-7(10)4-11-8(6)3-5/h1-3,7H,4,10H2/t7-/m1/s1. The van der Waals surface area contributed by atoms with Crippen molar-refractivity contribution in [2.45, 2.75) is 6.04 Å². The van der Waals surface area contributed by atoms with Gasteiger partial charge in [-0.15, -0.1) is 0 Å². The van der Waals surface area contributed by atoms with Crippen LogP contribution in [-0.4, -0.2) is 6.61 Å². The maximum absolute atomic E-state index is 5.76. The van der Waals surface area contributed by atoms with E-state index in [1.165, 1.54) is 0 Å². The Labute approximate surface area is 73.5 Å². The summed E-state index contributed by atoms with van der Waals surface area (Å²) in [7, 11) is 0. The summed E-state index contributed by atoms with van der Waals surface area (Å²) in [4.78, 5) is 0. The molecule has 58 valence electrons. The van der Waals surface area contributed by atoms with Crippen LogP contribution in [0, 0.1) is 0 Å². The fraction of sp³-hybridized carbons (Fsp3) is 0.250. The largest absolute Gasteiger partial charge is 0.491 e. The summed E-state index contributed by atoms with van der Waals surface area (Å²) in [6.07, 6.45) is 0. The fourth-order valence-corrected chi connectivity index (χ4v) is 1.55. The van der Waals surface area contributed by atoms with Crippen LogP contribution in [0.25, 0.3) is 0 Å². The Hall–Kier alpha value is -0.540. The quantitative estimate of drug-likeness (QED) is 0.715. The van der Waals surface area contributed by atoms with Crippen molar-refractivity contribution < 1.29 is 4.74 Å². The lowest BCUT2D eigenvalue weighted by Gasteiger charge is -1.99. The van der Waals surface area contributed by atoms with E-state index in [0.717, 1.165) is 15.8 Å². The summed E-state index contributed by atoms with van der Waals surface area (Å²) < 4.78 is 6.37. The zero-order valence-electron chi connectivity index (χ0n) is 5.88. The molecule has 1 heterocycles. The molecule has 1 atom stereocenters. The van der Waals surface area contributed by atoms with E-state index in [1.54, 1.807) is 0 Å². The molecule has 11 heavy (non-hydrogen) atoms. The third-order valence-corrected chi connectivity index (χ3v) is 2.29. The number of nitrogens with two attached hydrogens (primary N) is 1. The van der Waals surface area contributed by atoms with Crippen molar-refractivity contribution in [3.8, 4) is 5.75 Å². The van der Waals surface area contributed by atoms with Crippen molar-refractivity contribution >= 4 is 15.9 Å². The van der Waals surface area contributed by atoms with Gasteiger partial charge in [0.15, 0.2) is 0 Å². The van der Waals surface area contributed by atoms with Crippen LogP contribution >= 0.6 is 15.9 Å². The fourth-order valence-electron chi connectivity index (χ4n) is 1.21. The van der Waals surface area contributed by atoms with Crippen molar-refractivity contribution in [2.24, 2.45) is 5.73 Å². The molecular weight excluding hydrogens is 206 g/mol. The van der Waals surface area contributed by atoms with Crippen molar-refractivity contribution in [1.82, 2.24) is 0 Å². The van der Waals surface area contributed by atoms with Crippen LogP contribution in [0.5, 0.6) is 5.75 Å². The second-order valence-electron chi connectivity index (χ2n) is 2.60. The first-order valence-electron chi connectivity index (χ1n) is 3.45. The van der Waals surface area contributed by atoms with Gasteiger partial charge in [-0.1, -0.05) is 22.0 Å². The van der Waals surface area contributed by atoms with Gasteiger partial charge in [-0.25, -0.2) is 0 Å². The van der Waals surface area contributed by atoms with Crippen molar-refractivity contribution in [2.75, 3.05) is 6.61 Å². The summed E-state index contributed by atoms with van der Waals surface area (Å²) in [5, 5.41) is 0. The highest BCUT2D eigenvalue weighted by Crippen LogP contribution is 2.32. The normalized spacial score (nSPS) is 21.1. The molecule has 3 heteroatoms. The Bertz CT molecular complexity index is 287. The van der Waals surface area contributed by atoms with E-state index >= 15 is 0 Å². The topological polar surface area (TPSA) is 35.2 Å². The SMILES string of the molecule is N[C@@H]1COc2cc(Br)ccc21. The molecule has 0 saturated heterocycles. The van der Waals surface area contributed by atoms with Crippen LogP contribution < -0.4 is 10.5 Å². The molecule has 1 aliphatic rings. The average molecular weight is 214 g/mol. The zero-order valence-corrected chi connectivity index (χ0v) is 7.47. The number of hydrogen-bond donors (Lipinski definition) is 1. The summed E-state index contributed by atoms with van der Waals surface area (Å²) in [6.45, 7) is 0.603. The van der Waals surface area contributed by atoms with Crippen molar-refractivity contribution in [3.63, 3.8) is 0 Å². The molecule has 0 radical (unpaired) electrons. The molecule has 0 aromatic heterocycles. The lowest BCUT2D eigenvalue weighted by molar-refractivity contribution is 0.333. The molecule has 0 spiro atoms. The van der Waals surface area contributed by atoms with E-state index < -0.39 is 0 Å². The predicted octanol–water partition coefficient (Wildman–Crippen LogP) is 1.84. The Kier molecular flexibility index (Phi) is 1.62. The van der Waals surface area contributed by atoms with Crippen molar-refractivity contribution in [1.29, 1.82) is 0 Å². The van der Waals surface area contributed by atoms with E-state index in [2.05, 4.69) is 15.9 Å². The van der Waals surface area contributed by atoms with Gasteiger partial charge in [0.2, 0.25) is 0 Å². The van der Waals surface area contributed by atoms with E-state index in [-0.39, 0.29) is 6.04 Å². The number of hydrogen-bond acceptors (Lipinski definition) is 2. The first-order chi connectivity index (χ1) is 5.27. The summed E-state index contributed by atoms with van der Waals surface area (Å²) in [5.41, 5.74) is 6.86. The second-order valence-corrected chi connectivity index (χ2v) is 3.52. The van der Waals surface area contributed by atoms with Crippen LogP contribution in [-0.2, 0) is 0 Å². The smallest absolute Gasteiger partial charge is 0.125 e. The predicted molar refractivity (Wildman–Crippen MR) is 46.6 cm³/mol. The van der Waals surface area contributed by atoms with Gasteiger partial charge in [-0.3, -0.25) is 0 Å². The lowest BCUT2D eigenvalue weighted by atomic mass is 10.1. The number of rotatable bonds is 0. The van der Waals surface area contributed by atoms with E-state index in [9.17, 15) is 0 Å². The van der Waals surface area contributed by atoms with Crippen LogP contribution in [0.15, 0.2) is 22.7 Å². The van der Waals surface area contributed by atoms with Crippen molar-refractivity contribution in [3.05, 3.63) is 28.2 Å². The van der Waals surface area contributed by atoms with Crippen LogP contribution in [0.2, 0.25) is 0 Å². The van der Waals surface area contributed by atoms with Gasteiger partial charge in [-0.05, 0) is 12.1 Å². The molecule has 0 bridgehead atoms. The maximum Gasteiger partial charge on any atom is 0.125 e. The molecule has 0 amide bonds. The first kappa shape index (κ1) is 7.13. The second kappa shape index (κ2) is 2.50. The highest BCUT2D eigenvalue weighted by Gasteiger charge is 2.19. The Morgan fingerprint density at radius 2 is 2.36 bits per heavy atom. The number of halogens is 1. The minimum Gasteiger partial charge on any atom is -0.491 e. The van der Waals surface area contributed by atoms with Crippen LogP contribution in [0.1, 0.15) is 11.6 Å². The molecule has 2 nitrogen and oxygen atoms in total. The molecular formula is C8H8BrNO. The van der Waals surface area contributed by atoms with E-state index in [0.29, 0.717) is 6.61 Å². The molecule has 2 N–H and O–H groups in total. The van der Waals surface area contributed by atoms with Gasteiger partial charge in [0.1, 0.15) is 12.4 Å². The van der Waals surface area contributed by atoms with Gasteiger partial charge in [0, 0.05) is 10.0 Å². The van der Waals surface area contributed by atoms with Gasteiger partial charge >= 0.3 is 0 Å². The van der Waals surface area contributed by atoms with Gasteiger partial charge in [-0.2, -0.15) is 0 Å². The molecule has 1 aromatic rings. The number of ether oxygens (including phenoxy) is 1. The minimum atomic E-state index is 0.0538. The zero-order chi connectivity index (χ0) is 7.84. The van der Waals surface area contributed by atoms with Gasteiger partial charge < -0.3 is 10.5 Å². The molecule has 1 aliphatic heterocycles. The molecule has 0 fully saturated rings. The van der Waals surface area contributed by atoms with E-state index in [4.69, 9.17) is 10.5 Å². The summed E-state index contributed by atoms with van der Waals surface area (Å²) in [6, 6.07) is 5.98. The number of benzene rings is 1. The first-order valence-corrected chi connectivity index (χ1v) is 4.24. The minimum absolute atomic E-state index is 0.0538. The molecule has 0 unspecified atom stereocenters. The Morgan fingerprint density at radius 3 is 3.18 bits per heavy atom. The monoisotopic (exact) mass is 213 g/mol. The third kappa shape index (κ3) is 1.14. The molecule has 1 aromatic carbocycles. The summed E-state index contributed by atoms with van der Waals surface area (Å²) in [5.74, 6) is 0.909. The molecule has 2 rings (SSSR count). The molecule has 0 aliphatic carbocycles. The van der Waals surface area contributed by atoms with Gasteiger partial charge in [0.25, 0.3) is 0 Å². The van der Waals surface area contributed by atoms with Crippen LogP contribution in [0.4, 0.5) is 0 Å². The van der Waals surface area contributed by atoms with E-state index in [1.807, 2.05) is 18.2 Å².